The Morgan fingerprint density at radius 1 is 0.960 bits per heavy atom. The number of amides is 1. The zero-order chi connectivity index (χ0) is 17.6. The fourth-order valence-corrected chi connectivity index (χ4v) is 2.68. The van der Waals surface area contributed by atoms with Crippen LogP contribution < -0.4 is 10.6 Å². The van der Waals surface area contributed by atoms with Gasteiger partial charge in [0.05, 0.1) is 6.42 Å². The van der Waals surface area contributed by atoms with Crippen LogP contribution >= 0.6 is 15.9 Å². The van der Waals surface area contributed by atoms with E-state index < -0.39 is 0 Å². The molecule has 0 saturated carbocycles. The van der Waals surface area contributed by atoms with Crippen LogP contribution in [0.1, 0.15) is 11.1 Å². The smallest absolute Gasteiger partial charge is 0.230 e. The van der Waals surface area contributed by atoms with E-state index in [0.717, 1.165) is 15.7 Å². The maximum Gasteiger partial charge on any atom is 0.230 e. The number of aromatic nitrogens is 2. The topological polar surface area (TPSA) is 66.9 Å². The van der Waals surface area contributed by atoms with Gasteiger partial charge in [0, 0.05) is 10.2 Å². The molecule has 25 heavy (non-hydrogen) atoms. The number of nitrogens with one attached hydrogen (secondary N) is 2. The van der Waals surface area contributed by atoms with Crippen molar-refractivity contribution >= 4 is 39.2 Å². The Labute approximate surface area is 154 Å². The van der Waals surface area contributed by atoms with Crippen LogP contribution in [-0.4, -0.2) is 16.1 Å². The number of benzene rings is 2. The molecule has 0 aliphatic rings. The summed E-state index contributed by atoms with van der Waals surface area (Å²) in [6, 6.07) is 19.1. The van der Waals surface area contributed by atoms with E-state index in [4.69, 9.17) is 0 Å². The fraction of sp³-hybridized carbons (Fsp3) is 0.105. The molecule has 1 heterocycles. The monoisotopic (exact) mass is 396 g/mol. The third-order valence-electron chi connectivity index (χ3n) is 3.56. The van der Waals surface area contributed by atoms with Gasteiger partial charge in [-0.3, -0.25) is 4.79 Å². The Bertz CT molecular complexity index is 863. The summed E-state index contributed by atoms with van der Waals surface area (Å²) in [5, 5.41) is 14.1. The number of aryl methyl sites for hydroxylation is 1. The Hall–Kier alpha value is -2.73. The molecular formula is C19H17BrN4O. The Morgan fingerprint density at radius 3 is 2.32 bits per heavy atom. The number of nitrogens with zero attached hydrogens (tertiary/aromatic N) is 2. The molecule has 6 heteroatoms. The van der Waals surface area contributed by atoms with E-state index in [9.17, 15) is 4.79 Å². The van der Waals surface area contributed by atoms with Gasteiger partial charge in [-0.05, 0) is 42.8 Å². The van der Waals surface area contributed by atoms with Crippen molar-refractivity contribution in [2.45, 2.75) is 13.3 Å². The number of halogens is 1. The second-order valence-electron chi connectivity index (χ2n) is 5.61. The van der Waals surface area contributed by atoms with Gasteiger partial charge in [0.1, 0.15) is 0 Å². The van der Waals surface area contributed by atoms with E-state index in [1.165, 1.54) is 5.56 Å². The summed E-state index contributed by atoms with van der Waals surface area (Å²) in [6.45, 7) is 2.04. The average Bonchev–Trinajstić information content (AvgIpc) is 2.61. The van der Waals surface area contributed by atoms with E-state index in [2.05, 4.69) is 36.8 Å². The molecule has 3 aromatic rings. The number of hydrogen-bond donors (Lipinski definition) is 2. The quantitative estimate of drug-likeness (QED) is 0.667. The Balaban J connectivity index is 1.59. The highest BCUT2D eigenvalue weighted by Crippen LogP contribution is 2.18. The van der Waals surface area contributed by atoms with E-state index in [0.29, 0.717) is 11.6 Å². The van der Waals surface area contributed by atoms with Crippen molar-refractivity contribution in [1.29, 1.82) is 0 Å². The summed E-state index contributed by atoms with van der Waals surface area (Å²) >= 11 is 3.44. The van der Waals surface area contributed by atoms with Gasteiger partial charge in [-0.25, -0.2) is 0 Å². The van der Waals surface area contributed by atoms with Crippen LogP contribution in [0.25, 0.3) is 0 Å². The number of carbonyl (C=O) groups is 1. The van der Waals surface area contributed by atoms with Crippen LogP contribution in [0.5, 0.6) is 0 Å². The first-order chi connectivity index (χ1) is 12.1. The Kier molecular flexibility index (Phi) is 5.40. The van der Waals surface area contributed by atoms with Gasteiger partial charge >= 0.3 is 0 Å². The standard InChI is InChI=1S/C19H17BrN4O/c1-13-6-8-15(9-7-13)21-17-10-11-18(24-23-17)22-19(25)12-14-4-2-3-5-16(14)20/h2-11H,12H2,1H3,(H,21,23)(H,22,24,25). The van der Waals surface area contributed by atoms with Gasteiger partial charge in [-0.15, -0.1) is 10.2 Å². The molecule has 0 bridgehead atoms. The summed E-state index contributed by atoms with van der Waals surface area (Å²) in [4.78, 5) is 12.1. The largest absolute Gasteiger partial charge is 0.339 e. The maximum atomic E-state index is 12.1. The molecule has 0 spiro atoms. The predicted molar refractivity (Wildman–Crippen MR) is 103 cm³/mol. The van der Waals surface area contributed by atoms with Crippen molar-refractivity contribution in [2.75, 3.05) is 10.6 Å². The third-order valence-corrected chi connectivity index (χ3v) is 4.34. The van der Waals surface area contributed by atoms with Crippen molar-refractivity contribution in [2.24, 2.45) is 0 Å². The highest BCUT2D eigenvalue weighted by atomic mass is 79.9. The van der Waals surface area contributed by atoms with Crippen LogP contribution in [0, 0.1) is 6.92 Å². The number of carbonyl (C=O) groups excluding carboxylic acids is 1. The average molecular weight is 397 g/mol. The van der Waals surface area contributed by atoms with Crippen LogP contribution in [-0.2, 0) is 11.2 Å². The lowest BCUT2D eigenvalue weighted by Crippen LogP contribution is -2.16. The first-order valence-corrected chi connectivity index (χ1v) is 8.60. The molecular weight excluding hydrogens is 380 g/mol. The van der Waals surface area contributed by atoms with Crippen molar-refractivity contribution in [3.05, 3.63) is 76.3 Å². The molecule has 0 fully saturated rings. The molecule has 3 rings (SSSR count). The molecule has 126 valence electrons. The van der Waals surface area contributed by atoms with Crippen molar-refractivity contribution < 1.29 is 4.79 Å². The fourth-order valence-electron chi connectivity index (χ4n) is 2.25. The number of rotatable bonds is 5. The minimum absolute atomic E-state index is 0.138. The van der Waals surface area contributed by atoms with E-state index in [-0.39, 0.29) is 12.3 Å². The lowest BCUT2D eigenvalue weighted by atomic mass is 10.1. The summed E-state index contributed by atoms with van der Waals surface area (Å²) in [7, 11) is 0. The van der Waals surface area contributed by atoms with Gasteiger partial charge in [0.15, 0.2) is 11.6 Å². The predicted octanol–water partition coefficient (Wildman–Crippen LogP) is 4.47. The second-order valence-corrected chi connectivity index (χ2v) is 6.47. The van der Waals surface area contributed by atoms with Crippen LogP contribution in [0.3, 0.4) is 0 Å². The lowest BCUT2D eigenvalue weighted by Gasteiger charge is -2.08. The normalized spacial score (nSPS) is 10.3. The minimum atomic E-state index is -0.138. The zero-order valence-corrected chi connectivity index (χ0v) is 15.2. The van der Waals surface area contributed by atoms with Crippen LogP contribution in [0.15, 0.2) is 65.1 Å². The first-order valence-electron chi connectivity index (χ1n) is 7.81. The van der Waals surface area contributed by atoms with Gasteiger partial charge in [-0.1, -0.05) is 51.8 Å². The van der Waals surface area contributed by atoms with E-state index >= 15 is 0 Å². The molecule has 0 aliphatic heterocycles. The molecule has 2 aromatic carbocycles. The molecule has 0 atom stereocenters. The molecule has 2 N–H and O–H groups in total. The first kappa shape index (κ1) is 17.1. The molecule has 0 unspecified atom stereocenters. The van der Waals surface area contributed by atoms with E-state index in [1.807, 2.05) is 55.5 Å². The molecule has 1 aromatic heterocycles. The number of anilines is 3. The highest BCUT2D eigenvalue weighted by molar-refractivity contribution is 9.10. The van der Waals surface area contributed by atoms with Gasteiger partial charge < -0.3 is 10.6 Å². The summed E-state index contributed by atoms with van der Waals surface area (Å²) in [6.07, 6.45) is 0.270. The molecule has 5 nitrogen and oxygen atoms in total. The molecule has 1 amide bonds. The van der Waals surface area contributed by atoms with Gasteiger partial charge in [-0.2, -0.15) is 0 Å². The summed E-state index contributed by atoms with van der Waals surface area (Å²) < 4.78 is 0.911. The Morgan fingerprint density at radius 2 is 1.64 bits per heavy atom. The second kappa shape index (κ2) is 7.90. The molecule has 0 aliphatic carbocycles. The van der Waals surface area contributed by atoms with Crippen molar-refractivity contribution in [3.8, 4) is 0 Å². The maximum absolute atomic E-state index is 12.1. The van der Waals surface area contributed by atoms with Gasteiger partial charge in [0.2, 0.25) is 5.91 Å². The number of hydrogen-bond acceptors (Lipinski definition) is 4. The minimum Gasteiger partial charge on any atom is -0.339 e. The van der Waals surface area contributed by atoms with Crippen molar-refractivity contribution in [1.82, 2.24) is 10.2 Å². The van der Waals surface area contributed by atoms with Crippen LogP contribution in [0.4, 0.5) is 17.3 Å². The third kappa shape index (κ3) is 4.87. The van der Waals surface area contributed by atoms with Crippen LogP contribution in [0.2, 0.25) is 0 Å². The molecule has 0 saturated heterocycles. The lowest BCUT2D eigenvalue weighted by molar-refractivity contribution is -0.115. The highest BCUT2D eigenvalue weighted by Gasteiger charge is 2.08. The van der Waals surface area contributed by atoms with E-state index in [1.54, 1.807) is 12.1 Å². The SMILES string of the molecule is Cc1ccc(Nc2ccc(NC(=O)Cc3ccccc3Br)nn2)cc1. The molecule has 0 radical (unpaired) electrons. The zero-order valence-electron chi connectivity index (χ0n) is 13.7. The summed E-state index contributed by atoms with van der Waals surface area (Å²) in [5.41, 5.74) is 3.05. The van der Waals surface area contributed by atoms with Crippen molar-refractivity contribution in [3.63, 3.8) is 0 Å². The van der Waals surface area contributed by atoms with Gasteiger partial charge in [0.25, 0.3) is 0 Å². The summed E-state index contributed by atoms with van der Waals surface area (Å²) in [5.74, 6) is 0.902.